The molecule has 36 heavy (non-hydrogen) atoms. The van der Waals surface area contributed by atoms with Crippen LogP contribution in [0.4, 0.5) is 10.1 Å². The van der Waals surface area contributed by atoms with Crippen LogP contribution in [0.2, 0.25) is 0 Å². The fourth-order valence-electron chi connectivity index (χ4n) is 4.56. The highest BCUT2D eigenvalue weighted by Gasteiger charge is 2.39. The highest BCUT2D eigenvalue weighted by molar-refractivity contribution is 7.92. The van der Waals surface area contributed by atoms with Gasteiger partial charge in [0.25, 0.3) is 10.0 Å². The largest absolute Gasteiger partial charge is 0.487 e. The summed E-state index contributed by atoms with van der Waals surface area (Å²) in [4.78, 5) is 13.4. The minimum absolute atomic E-state index is 0.0534. The maximum absolute atomic E-state index is 13.6. The summed E-state index contributed by atoms with van der Waals surface area (Å²) >= 11 is 0. The van der Waals surface area contributed by atoms with Crippen molar-refractivity contribution < 1.29 is 22.3 Å². The van der Waals surface area contributed by atoms with Gasteiger partial charge in [0.1, 0.15) is 23.7 Å². The third kappa shape index (κ3) is 5.23. The van der Waals surface area contributed by atoms with Crippen molar-refractivity contribution >= 4 is 21.6 Å². The fraction of sp³-hybridized carbons (Fsp3) is 0.321. The van der Waals surface area contributed by atoms with Crippen LogP contribution in [-0.2, 0) is 14.8 Å². The van der Waals surface area contributed by atoms with Crippen LogP contribution in [0.15, 0.2) is 77.7 Å². The molecule has 4 rings (SSSR count). The van der Waals surface area contributed by atoms with Crippen molar-refractivity contribution in [1.82, 2.24) is 5.32 Å². The number of carbonyl (C=O) groups excluding carboxylic acids is 1. The average molecular weight is 511 g/mol. The number of halogens is 1. The first-order valence-electron chi connectivity index (χ1n) is 12.1. The molecule has 0 aromatic heterocycles. The second-order valence-electron chi connectivity index (χ2n) is 9.16. The van der Waals surface area contributed by atoms with Gasteiger partial charge in [0.05, 0.1) is 16.6 Å². The Morgan fingerprint density at radius 2 is 1.67 bits per heavy atom. The topological polar surface area (TPSA) is 75.7 Å². The Morgan fingerprint density at radius 1 is 1.03 bits per heavy atom. The van der Waals surface area contributed by atoms with Crippen LogP contribution in [0.3, 0.4) is 0 Å². The van der Waals surface area contributed by atoms with Crippen LogP contribution in [0.25, 0.3) is 0 Å². The van der Waals surface area contributed by atoms with Gasteiger partial charge in [-0.15, -0.1) is 0 Å². The molecule has 1 aliphatic heterocycles. The smallest absolute Gasteiger partial charge is 0.264 e. The molecule has 0 unspecified atom stereocenters. The molecule has 6 nitrogen and oxygen atoms in total. The van der Waals surface area contributed by atoms with Gasteiger partial charge in [-0.1, -0.05) is 49.7 Å². The molecular weight excluding hydrogens is 479 g/mol. The van der Waals surface area contributed by atoms with E-state index in [0.29, 0.717) is 6.42 Å². The van der Waals surface area contributed by atoms with Crippen molar-refractivity contribution in [2.24, 2.45) is 0 Å². The van der Waals surface area contributed by atoms with Crippen LogP contribution in [0.1, 0.15) is 50.3 Å². The SMILES string of the molecule is CCC1(CC)C[C@@H](NC(=O)CN(c2ccc(F)cc2)S(=O)(=O)c2ccc(C)cc2)c2ccccc2O1. The zero-order valence-corrected chi connectivity index (χ0v) is 21.5. The minimum atomic E-state index is -4.09. The number of nitrogens with one attached hydrogen (secondary N) is 1. The first kappa shape index (κ1) is 25.7. The first-order chi connectivity index (χ1) is 17.2. The summed E-state index contributed by atoms with van der Waals surface area (Å²) < 4.78 is 48.1. The van der Waals surface area contributed by atoms with E-state index in [1.165, 1.54) is 36.4 Å². The zero-order valence-electron chi connectivity index (χ0n) is 20.7. The zero-order chi connectivity index (χ0) is 25.9. The molecule has 0 spiro atoms. The van der Waals surface area contributed by atoms with E-state index in [1.807, 2.05) is 31.2 Å². The van der Waals surface area contributed by atoms with Gasteiger partial charge in [-0.2, -0.15) is 0 Å². The number of benzene rings is 3. The molecular formula is C28H31FN2O4S. The molecule has 1 heterocycles. The van der Waals surface area contributed by atoms with Crippen molar-refractivity contribution in [3.63, 3.8) is 0 Å². The van der Waals surface area contributed by atoms with E-state index in [0.717, 1.165) is 34.0 Å². The molecule has 1 N–H and O–H groups in total. The van der Waals surface area contributed by atoms with Gasteiger partial charge in [0.2, 0.25) is 5.91 Å². The molecule has 0 aliphatic carbocycles. The van der Waals surface area contributed by atoms with Gasteiger partial charge in [-0.3, -0.25) is 9.10 Å². The number of amides is 1. The lowest BCUT2D eigenvalue weighted by atomic mass is 9.83. The van der Waals surface area contributed by atoms with Crippen molar-refractivity contribution in [2.45, 2.75) is 56.6 Å². The van der Waals surface area contributed by atoms with E-state index >= 15 is 0 Å². The van der Waals surface area contributed by atoms with Gasteiger partial charge < -0.3 is 10.1 Å². The number of aryl methyl sites for hydroxylation is 1. The molecule has 0 bridgehead atoms. The summed E-state index contributed by atoms with van der Waals surface area (Å²) in [5.41, 5.74) is 1.55. The lowest BCUT2D eigenvalue weighted by Crippen LogP contribution is -2.47. The Morgan fingerprint density at radius 3 is 2.31 bits per heavy atom. The Bertz CT molecular complexity index is 1320. The maximum Gasteiger partial charge on any atom is 0.264 e. The fourth-order valence-corrected chi connectivity index (χ4v) is 5.98. The highest BCUT2D eigenvalue weighted by atomic mass is 32.2. The first-order valence-corrected chi connectivity index (χ1v) is 13.5. The van der Waals surface area contributed by atoms with Gasteiger partial charge >= 0.3 is 0 Å². The molecule has 1 amide bonds. The van der Waals surface area contributed by atoms with Crippen LogP contribution in [0.5, 0.6) is 5.75 Å². The number of sulfonamides is 1. The normalized spacial score (nSPS) is 16.5. The number of para-hydroxylation sites is 1. The molecule has 0 fully saturated rings. The molecule has 3 aromatic rings. The van der Waals surface area contributed by atoms with E-state index in [1.54, 1.807) is 12.1 Å². The van der Waals surface area contributed by atoms with Crippen molar-refractivity contribution in [2.75, 3.05) is 10.8 Å². The second-order valence-corrected chi connectivity index (χ2v) is 11.0. The number of nitrogens with zero attached hydrogens (tertiary/aromatic N) is 1. The molecule has 8 heteroatoms. The average Bonchev–Trinajstić information content (AvgIpc) is 2.88. The number of hydrogen-bond donors (Lipinski definition) is 1. The molecule has 3 aromatic carbocycles. The molecule has 0 saturated carbocycles. The summed E-state index contributed by atoms with van der Waals surface area (Å²) in [5, 5.41) is 3.04. The molecule has 0 radical (unpaired) electrons. The summed E-state index contributed by atoms with van der Waals surface area (Å²) in [5.74, 6) is -0.233. The third-order valence-electron chi connectivity index (χ3n) is 6.83. The number of rotatable bonds is 8. The van der Waals surface area contributed by atoms with Crippen LogP contribution < -0.4 is 14.4 Å². The molecule has 0 saturated heterocycles. The van der Waals surface area contributed by atoms with E-state index < -0.39 is 33.9 Å². The quantitative estimate of drug-likeness (QED) is 0.433. The predicted octanol–water partition coefficient (Wildman–Crippen LogP) is 5.53. The predicted molar refractivity (Wildman–Crippen MR) is 138 cm³/mol. The van der Waals surface area contributed by atoms with E-state index in [2.05, 4.69) is 19.2 Å². The van der Waals surface area contributed by atoms with Crippen LogP contribution in [0, 0.1) is 12.7 Å². The van der Waals surface area contributed by atoms with Crippen molar-refractivity contribution in [1.29, 1.82) is 0 Å². The molecule has 1 aliphatic rings. The Labute approximate surface area is 212 Å². The monoisotopic (exact) mass is 510 g/mol. The van der Waals surface area contributed by atoms with E-state index in [-0.39, 0.29) is 16.6 Å². The van der Waals surface area contributed by atoms with Crippen molar-refractivity contribution in [3.05, 3.63) is 89.7 Å². The summed E-state index contributed by atoms with van der Waals surface area (Å²) in [6, 6.07) is 18.7. The number of hydrogen-bond acceptors (Lipinski definition) is 4. The molecule has 1 atom stereocenters. The van der Waals surface area contributed by atoms with Crippen LogP contribution >= 0.6 is 0 Å². The highest BCUT2D eigenvalue weighted by Crippen LogP contribution is 2.42. The van der Waals surface area contributed by atoms with Gasteiger partial charge in [0.15, 0.2) is 0 Å². The summed E-state index contributed by atoms with van der Waals surface area (Å²) in [6.07, 6.45) is 2.12. The van der Waals surface area contributed by atoms with Gasteiger partial charge in [-0.25, -0.2) is 12.8 Å². The molecule has 190 valence electrons. The Kier molecular flexibility index (Phi) is 7.36. The summed E-state index contributed by atoms with van der Waals surface area (Å²) in [7, 11) is -4.09. The number of anilines is 1. The minimum Gasteiger partial charge on any atom is -0.487 e. The lowest BCUT2D eigenvalue weighted by Gasteiger charge is -2.41. The number of fused-ring (bicyclic) bond motifs is 1. The van der Waals surface area contributed by atoms with Crippen LogP contribution in [-0.4, -0.2) is 26.5 Å². The van der Waals surface area contributed by atoms with E-state index in [9.17, 15) is 17.6 Å². The van der Waals surface area contributed by atoms with Gasteiger partial charge in [0, 0.05) is 12.0 Å². The Balaban J connectivity index is 1.65. The number of ether oxygens (including phenoxy) is 1. The maximum atomic E-state index is 13.6. The standard InChI is InChI=1S/C28H31FN2O4S/c1-4-28(5-2)18-25(24-8-6-7-9-26(24)35-28)30-27(32)19-31(22-14-12-21(29)13-15-22)36(33,34)23-16-10-20(3)11-17-23/h6-17,25H,4-5,18-19H2,1-3H3,(H,30,32)/t25-/m1/s1. The lowest BCUT2D eigenvalue weighted by molar-refractivity contribution is -0.121. The van der Waals surface area contributed by atoms with Gasteiger partial charge in [-0.05, 0) is 62.2 Å². The third-order valence-corrected chi connectivity index (χ3v) is 8.62. The summed E-state index contributed by atoms with van der Waals surface area (Å²) in [6.45, 7) is 5.52. The van der Waals surface area contributed by atoms with E-state index in [4.69, 9.17) is 4.74 Å². The number of carbonyl (C=O) groups is 1. The Hall–Kier alpha value is -3.39. The van der Waals surface area contributed by atoms with Crippen molar-refractivity contribution in [3.8, 4) is 5.75 Å². The second kappa shape index (κ2) is 10.3.